The van der Waals surface area contributed by atoms with Crippen molar-refractivity contribution in [3.63, 3.8) is 0 Å². The number of anilines is 1. The number of Topliss-reactive ketones (excluding diaryl/α,β-unsaturated/α-hetero) is 1. The van der Waals surface area contributed by atoms with E-state index in [4.69, 9.17) is 26.1 Å². The van der Waals surface area contributed by atoms with Gasteiger partial charge in [-0.3, -0.25) is 19.3 Å². The smallest absolute Gasteiger partial charge is 0.339 e. The molecule has 1 saturated heterocycles. The summed E-state index contributed by atoms with van der Waals surface area (Å²) in [6.07, 6.45) is 5.43. The van der Waals surface area contributed by atoms with Gasteiger partial charge in [0.25, 0.3) is 0 Å². The van der Waals surface area contributed by atoms with Crippen molar-refractivity contribution in [2.45, 2.75) is 13.3 Å². The first-order chi connectivity index (χ1) is 22.7. The standard InChI is InChI=1S/C37H28BrClN2O6/c1-17-33(39)28(38)14-26-27(37(45)47-16-30(42)19-5-9-21(46-2)10-6-19)15-29(40-34(17)26)18-3-7-20(8-4-18)41-35(43)31-22-11-12-23(25-13-24(22)25)32(31)36(41)44/h3-12,14-15,22-25,31-32H,13,16H2,1-2H3. The highest BCUT2D eigenvalue weighted by Crippen LogP contribution is 2.65. The van der Waals surface area contributed by atoms with Crippen LogP contribution in [0.4, 0.5) is 5.69 Å². The van der Waals surface area contributed by atoms with E-state index in [0.717, 1.165) is 6.42 Å². The predicted octanol–water partition coefficient (Wildman–Crippen LogP) is 7.23. The first-order valence-electron chi connectivity index (χ1n) is 15.5. The van der Waals surface area contributed by atoms with Gasteiger partial charge in [0.05, 0.1) is 46.4 Å². The zero-order valence-corrected chi connectivity index (χ0v) is 27.7. The van der Waals surface area contributed by atoms with E-state index in [0.29, 0.717) is 66.1 Å². The van der Waals surface area contributed by atoms with E-state index < -0.39 is 12.6 Å². The highest BCUT2D eigenvalue weighted by molar-refractivity contribution is 9.10. The van der Waals surface area contributed by atoms with Crippen molar-refractivity contribution >= 4 is 67.7 Å². The molecule has 2 saturated carbocycles. The number of hydrogen-bond donors (Lipinski definition) is 0. The molecule has 6 unspecified atom stereocenters. The van der Waals surface area contributed by atoms with E-state index >= 15 is 0 Å². The molecule has 10 heteroatoms. The van der Waals surface area contributed by atoms with Crippen LogP contribution in [-0.2, 0) is 14.3 Å². The number of esters is 1. The number of halogens is 2. The Bertz CT molecular complexity index is 2020. The minimum absolute atomic E-state index is 0.119. The molecule has 5 aliphatic rings. The molecule has 3 aromatic carbocycles. The van der Waals surface area contributed by atoms with Gasteiger partial charge in [0, 0.05) is 21.0 Å². The van der Waals surface area contributed by atoms with Crippen LogP contribution in [0.25, 0.3) is 22.2 Å². The first-order valence-corrected chi connectivity index (χ1v) is 16.6. The van der Waals surface area contributed by atoms with Crippen molar-refractivity contribution < 1.29 is 28.7 Å². The molecule has 236 valence electrons. The number of methoxy groups -OCH3 is 1. The first kappa shape index (κ1) is 30.0. The summed E-state index contributed by atoms with van der Waals surface area (Å²) in [6, 6.07) is 17.0. The van der Waals surface area contributed by atoms with Crippen LogP contribution in [-0.4, -0.2) is 42.3 Å². The number of allylic oxidation sites excluding steroid dienone is 2. The lowest BCUT2D eigenvalue weighted by molar-refractivity contribution is -0.124. The summed E-state index contributed by atoms with van der Waals surface area (Å²) in [5.74, 6) is 0.129. The molecule has 3 fully saturated rings. The molecule has 4 aromatic rings. The SMILES string of the molecule is COc1ccc(C(=O)COC(=O)c2cc(-c3ccc(N4C(=O)C5C6C=CC(C7CC67)C5C4=O)cc3)nc3c(C)c(Cl)c(Br)cc23)cc1. The van der Waals surface area contributed by atoms with Gasteiger partial charge in [-0.2, -0.15) is 0 Å². The van der Waals surface area contributed by atoms with Crippen molar-refractivity contribution in [2.24, 2.45) is 35.5 Å². The minimum atomic E-state index is -0.692. The van der Waals surface area contributed by atoms with Gasteiger partial charge in [0.1, 0.15) is 5.75 Å². The molecule has 47 heavy (non-hydrogen) atoms. The van der Waals surface area contributed by atoms with Crippen LogP contribution in [0.2, 0.25) is 5.02 Å². The Balaban J connectivity index is 1.09. The van der Waals surface area contributed by atoms with Crippen LogP contribution in [0.5, 0.6) is 5.75 Å². The Morgan fingerprint density at radius 3 is 2.21 bits per heavy atom. The van der Waals surface area contributed by atoms with Crippen LogP contribution >= 0.6 is 27.5 Å². The van der Waals surface area contributed by atoms with Gasteiger partial charge in [-0.05, 0) is 107 Å². The summed E-state index contributed by atoms with van der Waals surface area (Å²) in [5, 5.41) is 0.971. The fourth-order valence-electron chi connectivity index (χ4n) is 7.84. The number of ketones is 1. The topological polar surface area (TPSA) is 103 Å². The number of amides is 2. The van der Waals surface area contributed by atoms with E-state index in [2.05, 4.69) is 28.1 Å². The third-order valence-electron chi connectivity index (χ3n) is 10.3. The quantitative estimate of drug-likeness (QED) is 0.0863. The zero-order valence-electron chi connectivity index (χ0n) is 25.4. The van der Waals surface area contributed by atoms with Crippen LogP contribution in [0.3, 0.4) is 0 Å². The summed E-state index contributed by atoms with van der Waals surface area (Å²) in [7, 11) is 1.54. The van der Waals surface area contributed by atoms with Gasteiger partial charge in [-0.15, -0.1) is 0 Å². The molecule has 0 radical (unpaired) electrons. The Morgan fingerprint density at radius 2 is 1.60 bits per heavy atom. The number of imide groups is 1. The number of ether oxygens (including phenoxy) is 2. The lowest BCUT2D eigenvalue weighted by Gasteiger charge is -2.37. The fraction of sp³-hybridized carbons (Fsp3) is 0.270. The van der Waals surface area contributed by atoms with Crippen molar-refractivity contribution in [3.05, 3.63) is 99.0 Å². The van der Waals surface area contributed by atoms with E-state index in [1.54, 1.807) is 60.7 Å². The normalized spacial score (nSPS) is 25.1. The number of aryl methyl sites for hydroxylation is 1. The average Bonchev–Trinajstić information content (AvgIpc) is 3.88. The van der Waals surface area contributed by atoms with E-state index in [9.17, 15) is 19.2 Å². The van der Waals surface area contributed by atoms with Crippen LogP contribution in [0, 0.1) is 42.4 Å². The number of benzene rings is 3. The Hall–Kier alpha value is -4.34. The Labute approximate surface area is 283 Å². The molecule has 9 rings (SSSR count). The van der Waals surface area contributed by atoms with Gasteiger partial charge < -0.3 is 9.47 Å². The highest BCUT2D eigenvalue weighted by atomic mass is 79.9. The summed E-state index contributed by atoms with van der Waals surface area (Å²) in [5.41, 5.74) is 3.42. The van der Waals surface area contributed by atoms with E-state index in [-0.39, 0.29) is 46.8 Å². The molecular weight excluding hydrogens is 684 g/mol. The molecule has 1 aromatic heterocycles. The number of hydrogen-bond acceptors (Lipinski definition) is 7. The third-order valence-corrected chi connectivity index (χ3v) is 11.6. The van der Waals surface area contributed by atoms with Gasteiger partial charge >= 0.3 is 5.97 Å². The monoisotopic (exact) mass is 710 g/mol. The maximum absolute atomic E-state index is 13.6. The van der Waals surface area contributed by atoms with Gasteiger partial charge in [-0.1, -0.05) is 35.9 Å². The van der Waals surface area contributed by atoms with E-state index in [1.807, 2.05) is 6.92 Å². The Kier molecular flexibility index (Phi) is 7.11. The zero-order chi connectivity index (χ0) is 32.7. The highest BCUT2D eigenvalue weighted by Gasteiger charge is 2.67. The number of pyridine rings is 1. The molecule has 2 heterocycles. The number of fused-ring (bicyclic) bond motifs is 1. The average molecular weight is 712 g/mol. The second-order valence-electron chi connectivity index (χ2n) is 12.7. The Morgan fingerprint density at radius 1 is 0.957 bits per heavy atom. The number of rotatable bonds is 7. The molecule has 0 spiro atoms. The molecular formula is C37H28BrClN2O6. The number of aromatic nitrogens is 1. The molecule has 6 atom stereocenters. The predicted molar refractivity (Wildman–Crippen MR) is 179 cm³/mol. The minimum Gasteiger partial charge on any atom is -0.497 e. The van der Waals surface area contributed by atoms with Gasteiger partial charge in [0.15, 0.2) is 12.4 Å². The lowest BCUT2D eigenvalue weighted by atomic mass is 9.63. The summed E-state index contributed by atoms with van der Waals surface area (Å²) in [6.45, 7) is 1.36. The molecule has 8 nitrogen and oxygen atoms in total. The van der Waals surface area contributed by atoms with Gasteiger partial charge in [-0.25, -0.2) is 9.78 Å². The van der Waals surface area contributed by atoms with Crippen molar-refractivity contribution in [2.75, 3.05) is 18.6 Å². The molecule has 2 amide bonds. The van der Waals surface area contributed by atoms with Crippen LogP contribution in [0.1, 0.15) is 32.7 Å². The molecule has 1 aliphatic heterocycles. The molecule has 0 N–H and O–H groups in total. The fourth-order valence-corrected chi connectivity index (χ4v) is 8.51. The second kappa shape index (κ2) is 11.1. The number of carbonyl (C=O) groups is 4. The maximum atomic E-state index is 13.6. The third kappa shape index (κ3) is 4.73. The summed E-state index contributed by atoms with van der Waals surface area (Å²) >= 11 is 10.0. The lowest BCUT2D eigenvalue weighted by Crippen LogP contribution is -2.40. The number of carbonyl (C=O) groups excluding carboxylic acids is 4. The maximum Gasteiger partial charge on any atom is 0.339 e. The van der Waals surface area contributed by atoms with Crippen molar-refractivity contribution in [1.82, 2.24) is 4.98 Å². The summed E-state index contributed by atoms with van der Waals surface area (Å²) in [4.78, 5) is 59.8. The number of nitrogens with zero attached hydrogens (tertiary/aromatic N) is 2. The molecule has 2 bridgehead atoms. The second-order valence-corrected chi connectivity index (χ2v) is 13.9. The van der Waals surface area contributed by atoms with E-state index in [1.165, 1.54) is 12.0 Å². The van der Waals surface area contributed by atoms with Crippen LogP contribution in [0.15, 0.2) is 77.3 Å². The van der Waals surface area contributed by atoms with Crippen LogP contribution < -0.4 is 9.64 Å². The largest absolute Gasteiger partial charge is 0.497 e. The summed E-state index contributed by atoms with van der Waals surface area (Å²) < 4.78 is 11.3. The van der Waals surface area contributed by atoms with Gasteiger partial charge in [0.2, 0.25) is 11.8 Å². The van der Waals surface area contributed by atoms with Crippen molar-refractivity contribution in [3.8, 4) is 17.0 Å². The molecule has 4 aliphatic carbocycles. The van der Waals surface area contributed by atoms with Crippen molar-refractivity contribution in [1.29, 1.82) is 0 Å².